The molecule has 2 aromatic rings. The molecule has 1 aromatic carbocycles. The van der Waals surface area contributed by atoms with Gasteiger partial charge in [0.1, 0.15) is 5.75 Å². The zero-order chi connectivity index (χ0) is 17.5. The van der Waals surface area contributed by atoms with Crippen LogP contribution >= 0.6 is 11.3 Å². The predicted molar refractivity (Wildman–Crippen MR) is 89.4 cm³/mol. The third-order valence-corrected chi connectivity index (χ3v) is 4.22. The minimum absolute atomic E-state index is 0.0995. The molecule has 7 heteroatoms. The molecule has 0 aliphatic heterocycles. The number of carbonyl (C=O) groups excluding carboxylic acids is 3. The number of benzene rings is 1. The number of nitrogens with one attached hydrogen (secondary N) is 1. The third kappa shape index (κ3) is 4.92. The van der Waals surface area contributed by atoms with Crippen molar-refractivity contribution in [3.63, 3.8) is 0 Å². The maximum Gasteiger partial charge on any atom is 0.337 e. The monoisotopic (exact) mass is 347 g/mol. The molecule has 1 N–H and O–H groups in total. The van der Waals surface area contributed by atoms with Crippen molar-refractivity contribution in [1.82, 2.24) is 5.32 Å². The molecule has 6 nitrogen and oxygen atoms in total. The molecule has 0 saturated heterocycles. The van der Waals surface area contributed by atoms with Crippen molar-refractivity contribution in [2.75, 3.05) is 13.7 Å². The fourth-order valence-electron chi connectivity index (χ4n) is 1.86. The Bertz CT molecular complexity index is 736. The highest BCUT2D eigenvalue weighted by Crippen LogP contribution is 2.18. The quantitative estimate of drug-likeness (QED) is 0.614. The molecule has 126 valence electrons. The largest absolute Gasteiger partial charge is 0.485 e. The third-order valence-electron chi connectivity index (χ3n) is 3.09. The van der Waals surface area contributed by atoms with E-state index in [2.05, 4.69) is 10.1 Å². The summed E-state index contributed by atoms with van der Waals surface area (Å²) in [5.74, 6) is -0.199. The number of rotatable bonds is 7. The van der Waals surface area contributed by atoms with Crippen LogP contribution in [-0.2, 0) is 16.1 Å². The van der Waals surface area contributed by atoms with E-state index in [9.17, 15) is 14.4 Å². The molecule has 0 bridgehead atoms. The van der Waals surface area contributed by atoms with E-state index in [-0.39, 0.29) is 18.3 Å². The van der Waals surface area contributed by atoms with Crippen LogP contribution in [0.4, 0.5) is 0 Å². The maximum atomic E-state index is 12.1. The molecule has 1 heterocycles. The molecule has 1 aromatic heterocycles. The highest BCUT2D eigenvalue weighted by atomic mass is 32.1. The maximum absolute atomic E-state index is 12.1. The summed E-state index contributed by atoms with van der Waals surface area (Å²) in [6.45, 7) is 1.75. The topological polar surface area (TPSA) is 81.7 Å². The summed E-state index contributed by atoms with van der Waals surface area (Å²) in [5.41, 5.74) is 0.414. The number of amides is 1. The number of hydrogen-bond acceptors (Lipinski definition) is 6. The Hall–Kier alpha value is -2.67. The molecule has 2 rings (SSSR count). The van der Waals surface area contributed by atoms with Crippen molar-refractivity contribution in [1.29, 1.82) is 0 Å². The van der Waals surface area contributed by atoms with Crippen molar-refractivity contribution in [2.24, 2.45) is 0 Å². The summed E-state index contributed by atoms with van der Waals surface area (Å²) in [6.07, 6.45) is 0. The van der Waals surface area contributed by atoms with Crippen molar-refractivity contribution >= 4 is 29.0 Å². The smallest absolute Gasteiger partial charge is 0.337 e. The van der Waals surface area contributed by atoms with Gasteiger partial charge in [-0.1, -0.05) is 0 Å². The van der Waals surface area contributed by atoms with E-state index in [1.54, 1.807) is 36.4 Å². The number of esters is 1. The van der Waals surface area contributed by atoms with Crippen LogP contribution in [0.2, 0.25) is 0 Å². The number of methoxy groups -OCH3 is 1. The summed E-state index contributed by atoms with van der Waals surface area (Å²) in [4.78, 5) is 35.8. The van der Waals surface area contributed by atoms with E-state index in [1.165, 1.54) is 25.4 Å². The molecule has 0 aliphatic carbocycles. The standard InChI is InChI=1S/C17H17NO5S/c1-11(19)18-9-14-7-8-16(24-14)15(20)10-23-13-5-3-12(4-6-13)17(21)22-2/h3-8H,9-10H2,1-2H3,(H,18,19). The lowest BCUT2D eigenvalue weighted by atomic mass is 10.2. The van der Waals surface area contributed by atoms with E-state index >= 15 is 0 Å². The number of ketones is 1. The second-order valence-electron chi connectivity index (χ2n) is 4.90. The van der Waals surface area contributed by atoms with E-state index in [4.69, 9.17) is 4.74 Å². The zero-order valence-corrected chi connectivity index (χ0v) is 14.1. The van der Waals surface area contributed by atoms with E-state index in [1.807, 2.05) is 0 Å². The lowest BCUT2D eigenvalue weighted by Gasteiger charge is -2.05. The van der Waals surface area contributed by atoms with Crippen LogP contribution in [0.3, 0.4) is 0 Å². The Morgan fingerprint density at radius 2 is 1.79 bits per heavy atom. The summed E-state index contributed by atoms with van der Waals surface area (Å²) < 4.78 is 10.0. The van der Waals surface area contributed by atoms with Crippen LogP contribution in [0.5, 0.6) is 5.75 Å². The number of ether oxygens (including phenoxy) is 2. The minimum Gasteiger partial charge on any atom is -0.485 e. The average Bonchev–Trinajstić information content (AvgIpc) is 3.06. The summed E-state index contributed by atoms with van der Waals surface area (Å²) in [5, 5.41) is 2.68. The van der Waals surface area contributed by atoms with Crippen LogP contribution in [0.25, 0.3) is 0 Å². The highest BCUT2D eigenvalue weighted by Gasteiger charge is 2.11. The van der Waals surface area contributed by atoms with Gasteiger partial charge in [0.25, 0.3) is 0 Å². The van der Waals surface area contributed by atoms with Crippen LogP contribution in [0, 0.1) is 0 Å². The SMILES string of the molecule is COC(=O)c1ccc(OCC(=O)c2ccc(CNC(C)=O)s2)cc1. The molecule has 0 unspecified atom stereocenters. The zero-order valence-electron chi connectivity index (χ0n) is 13.3. The molecule has 24 heavy (non-hydrogen) atoms. The van der Waals surface area contributed by atoms with Crippen LogP contribution < -0.4 is 10.1 Å². The normalized spacial score (nSPS) is 10.1. The Balaban J connectivity index is 1.88. The lowest BCUT2D eigenvalue weighted by Crippen LogP contribution is -2.18. The second-order valence-corrected chi connectivity index (χ2v) is 6.07. The first-order valence-corrected chi connectivity index (χ1v) is 7.99. The Kier molecular flexibility index (Phi) is 6.08. The van der Waals surface area contributed by atoms with Crippen LogP contribution in [0.15, 0.2) is 36.4 Å². The first-order valence-electron chi connectivity index (χ1n) is 7.17. The summed E-state index contributed by atoms with van der Waals surface area (Å²) >= 11 is 1.32. The van der Waals surface area contributed by atoms with Gasteiger partial charge < -0.3 is 14.8 Å². The van der Waals surface area contributed by atoms with Crippen LogP contribution in [-0.4, -0.2) is 31.4 Å². The molecule has 0 fully saturated rings. The van der Waals surface area contributed by atoms with Gasteiger partial charge in [0, 0.05) is 11.8 Å². The van der Waals surface area contributed by atoms with Crippen molar-refractivity contribution in [3.05, 3.63) is 51.7 Å². The Labute approximate surface area is 143 Å². The van der Waals surface area contributed by atoms with Gasteiger partial charge in [-0.3, -0.25) is 9.59 Å². The van der Waals surface area contributed by atoms with Gasteiger partial charge in [0.2, 0.25) is 11.7 Å². The van der Waals surface area contributed by atoms with Crippen molar-refractivity contribution in [2.45, 2.75) is 13.5 Å². The van der Waals surface area contributed by atoms with Crippen molar-refractivity contribution < 1.29 is 23.9 Å². The number of hydrogen-bond donors (Lipinski definition) is 1. The van der Waals surface area contributed by atoms with Crippen molar-refractivity contribution in [3.8, 4) is 5.75 Å². The first kappa shape index (κ1) is 17.7. The van der Waals surface area contributed by atoms with Crippen LogP contribution in [0.1, 0.15) is 31.8 Å². The van der Waals surface area contributed by atoms with Gasteiger partial charge in [-0.15, -0.1) is 11.3 Å². The van der Waals surface area contributed by atoms with E-state index < -0.39 is 5.97 Å². The molecular formula is C17H17NO5S. The summed E-state index contributed by atoms with van der Waals surface area (Å²) in [7, 11) is 1.31. The van der Waals surface area contributed by atoms with Gasteiger partial charge in [-0.25, -0.2) is 4.79 Å². The number of carbonyl (C=O) groups is 3. The summed E-state index contributed by atoms with van der Waals surface area (Å²) in [6, 6.07) is 9.88. The first-order chi connectivity index (χ1) is 11.5. The van der Waals surface area contributed by atoms with Gasteiger partial charge in [-0.2, -0.15) is 0 Å². The van der Waals surface area contributed by atoms with Gasteiger partial charge in [0.05, 0.1) is 24.1 Å². The van der Waals surface area contributed by atoms with Gasteiger partial charge in [0.15, 0.2) is 6.61 Å². The molecule has 1 amide bonds. The van der Waals surface area contributed by atoms with E-state index in [0.717, 1.165) is 4.88 Å². The molecule has 0 saturated carbocycles. The minimum atomic E-state index is -0.428. The van der Waals surface area contributed by atoms with E-state index in [0.29, 0.717) is 22.7 Å². The second kappa shape index (κ2) is 8.26. The molecule has 0 atom stereocenters. The Morgan fingerprint density at radius 3 is 2.42 bits per heavy atom. The van der Waals surface area contributed by atoms with Gasteiger partial charge >= 0.3 is 5.97 Å². The molecule has 0 radical (unpaired) electrons. The number of Topliss-reactive ketones (excluding diaryl/α,β-unsaturated/α-hetero) is 1. The molecule has 0 spiro atoms. The highest BCUT2D eigenvalue weighted by molar-refractivity contribution is 7.14. The fourth-order valence-corrected chi connectivity index (χ4v) is 2.73. The number of thiophene rings is 1. The fraction of sp³-hybridized carbons (Fsp3) is 0.235. The molecular weight excluding hydrogens is 330 g/mol. The predicted octanol–water partition coefficient (Wildman–Crippen LogP) is 2.43. The average molecular weight is 347 g/mol. The Morgan fingerprint density at radius 1 is 1.08 bits per heavy atom. The lowest BCUT2D eigenvalue weighted by molar-refractivity contribution is -0.119. The van der Waals surface area contributed by atoms with Gasteiger partial charge in [-0.05, 0) is 36.4 Å². The molecule has 0 aliphatic rings.